The molecule has 0 bridgehead atoms. The molecule has 2 atom stereocenters. The summed E-state index contributed by atoms with van der Waals surface area (Å²) >= 11 is 6.06. The van der Waals surface area contributed by atoms with Crippen molar-refractivity contribution in [3.05, 3.63) is 28.5 Å². The second-order valence-corrected chi connectivity index (χ2v) is 5.37. The molecule has 0 aromatic carbocycles. The Morgan fingerprint density at radius 2 is 2.29 bits per heavy atom. The molecule has 0 spiro atoms. The lowest BCUT2D eigenvalue weighted by Crippen LogP contribution is -2.29. The van der Waals surface area contributed by atoms with E-state index in [0.717, 1.165) is 18.2 Å². The fraction of sp³-hybridized carbons (Fsp3) is 0.538. The van der Waals surface area contributed by atoms with Crippen molar-refractivity contribution in [2.45, 2.75) is 20.3 Å². The van der Waals surface area contributed by atoms with Crippen molar-refractivity contribution < 1.29 is 4.79 Å². The van der Waals surface area contributed by atoms with E-state index >= 15 is 0 Å². The van der Waals surface area contributed by atoms with Gasteiger partial charge in [-0.3, -0.25) is 9.78 Å². The SMILES string of the molecule is Cc1cc(Cl)c(C(=O)N(C)CC2CC2C)cn1. The van der Waals surface area contributed by atoms with Crippen LogP contribution in [0.25, 0.3) is 0 Å². The van der Waals surface area contributed by atoms with Gasteiger partial charge in [-0.2, -0.15) is 0 Å². The summed E-state index contributed by atoms with van der Waals surface area (Å²) in [6.45, 7) is 4.88. The Labute approximate surface area is 107 Å². The fourth-order valence-electron chi connectivity index (χ4n) is 1.98. The summed E-state index contributed by atoms with van der Waals surface area (Å²) in [5.41, 5.74) is 1.32. The maximum absolute atomic E-state index is 12.1. The third kappa shape index (κ3) is 2.78. The van der Waals surface area contributed by atoms with Crippen molar-refractivity contribution in [3.8, 4) is 0 Å². The first kappa shape index (κ1) is 12.4. The van der Waals surface area contributed by atoms with E-state index in [1.54, 1.807) is 17.2 Å². The van der Waals surface area contributed by atoms with Crippen molar-refractivity contribution in [1.82, 2.24) is 9.88 Å². The molecule has 1 saturated carbocycles. The minimum Gasteiger partial charge on any atom is -0.341 e. The highest BCUT2D eigenvalue weighted by atomic mass is 35.5. The molecule has 1 aliphatic rings. The van der Waals surface area contributed by atoms with Crippen LogP contribution in [0.15, 0.2) is 12.3 Å². The number of halogens is 1. The van der Waals surface area contributed by atoms with Crippen LogP contribution in [0.4, 0.5) is 0 Å². The lowest BCUT2D eigenvalue weighted by atomic mass is 10.2. The summed E-state index contributed by atoms with van der Waals surface area (Å²) in [4.78, 5) is 18.0. The van der Waals surface area contributed by atoms with Crippen LogP contribution in [0.1, 0.15) is 29.4 Å². The predicted molar refractivity (Wildman–Crippen MR) is 68.2 cm³/mol. The van der Waals surface area contributed by atoms with Crippen molar-refractivity contribution in [1.29, 1.82) is 0 Å². The zero-order chi connectivity index (χ0) is 12.6. The first-order valence-corrected chi connectivity index (χ1v) is 6.24. The molecule has 1 fully saturated rings. The Bertz CT molecular complexity index is 447. The van der Waals surface area contributed by atoms with Gasteiger partial charge in [0.05, 0.1) is 10.6 Å². The van der Waals surface area contributed by atoms with Crippen molar-refractivity contribution in [2.24, 2.45) is 11.8 Å². The molecule has 1 aromatic rings. The molecule has 1 aromatic heterocycles. The van der Waals surface area contributed by atoms with Gasteiger partial charge in [0, 0.05) is 25.5 Å². The second-order valence-electron chi connectivity index (χ2n) is 4.96. The molecule has 1 aliphatic carbocycles. The topological polar surface area (TPSA) is 33.2 Å². The zero-order valence-electron chi connectivity index (χ0n) is 10.4. The Kier molecular flexibility index (Phi) is 3.38. The average Bonchev–Trinajstić information content (AvgIpc) is 2.93. The molecule has 0 N–H and O–H groups in total. The van der Waals surface area contributed by atoms with E-state index in [2.05, 4.69) is 11.9 Å². The maximum atomic E-state index is 12.1. The van der Waals surface area contributed by atoms with E-state index in [1.165, 1.54) is 6.42 Å². The highest BCUT2D eigenvalue weighted by Gasteiger charge is 2.34. The third-order valence-electron chi connectivity index (χ3n) is 3.35. The summed E-state index contributed by atoms with van der Waals surface area (Å²) in [5, 5.41) is 0.484. The quantitative estimate of drug-likeness (QED) is 0.829. The molecule has 4 heteroatoms. The van der Waals surface area contributed by atoms with E-state index in [1.807, 2.05) is 14.0 Å². The van der Waals surface area contributed by atoms with Crippen molar-refractivity contribution >= 4 is 17.5 Å². The van der Waals surface area contributed by atoms with Crippen LogP contribution in [0, 0.1) is 18.8 Å². The number of carbonyl (C=O) groups excluding carboxylic acids is 1. The van der Waals surface area contributed by atoms with Gasteiger partial charge in [-0.15, -0.1) is 0 Å². The number of aryl methyl sites for hydroxylation is 1. The molecule has 0 radical (unpaired) electrons. The molecule has 0 saturated heterocycles. The Balaban J connectivity index is 2.07. The zero-order valence-corrected chi connectivity index (χ0v) is 11.2. The van der Waals surface area contributed by atoms with Crippen LogP contribution in [0.3, 0.4) is 0 Å². The Morgan fingerprint density at radius 1 is 1.65 bits per heavy atom. The molecule has 92 valence electrons. The summed E-state index contributed by atoms with van der Waals surface area (Å²) in [6.07, 6.45) is 2.78. The Morgan fingerprint density at radius 3 is 2.82 bits per heavy atom. The van der Waals surface area contributed by atoms with E-state index < -0.39 is 0 Å². The van der Waals surface area contributed by atoms with Gasteiger partial charge in [0.15, 0.2) is 0 Å². The second kappa shape index (κ2) is 4.65. The van der Waals surface area contributed by atoms with Crippen molar-refractivity contribution in [3.63, 3.8) is 0 Å². The van der Waals surface area contributed by atoms with Gasteiger partial charge in [-0.1, -0.05) is 18.5 Å². The van der Waals surface area contributed by atoms with Gasteiger partial charge in [0.25, 0.3) is 5.91 Å². The Hall–Kier alpha value is -1.09. The first-order chi connectivity index (χ1) is 7.99. The number of rotatable bonds is 3. The number of carbonyl (C=O) groups is 1. The van der Waals surface area contributed by atoms with Crippen LogP contribution in [0.2, 0.25) is 5.02 Å². The molecule has 0 aliphatic heterocycles. The predicted octanol–water partition coefficient (Wildman–Crippen LogP) is 2.77. The van der Waals surface area contributed by atoms with Crippen LogP contribution >= 0.6 is 11.6 Å². The fourth-order valence-corrected chi connectivity index (χ4v) is 2.27. The molecule has 2 unspecified atom stereocenters. The van der Waals surface area contributed by atoms with Crippen LogP contribution in [-0.4, -0.2) is 29.4 Å². The molecule has 2 rings (SSSR count). The van der Waals surface area contributed by atoms with E-state index in [4.69, 9.17) is 11.6 Å². The average molecular weight is 253 g/mol. The lowest BCUT2D eigenvalue weighted by molar-refractivity contribution is 0.0787. The minimum absolute atomic E-state index is 0.0402. The smallest absolute Gasteiger partial charge is 0.256 e. The van der Waals surface area contributed by atoms with Crippen LogP contribution < -0.4 is 0 Å². The summed E-state index contributed by atoms with van der Waals surface area (Å²) in [5.74, 6) is 1.36. The standard InChI is InChI=1S/C13H17ClN2O/c1-8-4-10(8)7-16(3)13(17)11-6-15-9(2)5-12(11)14/h5-6,8,10H,4,7H2,1-3H3. The van der Waals surface area contributed by atoms with Crippen LogP contribution in [0.5, 0.6) is 0 Å². The van der Waals surface area contributed by atoms with Gasteiger partial charge >= 0.3 is 0 Å². The third-order valence-corrected chi connectivity index (χ3v) is 3.66. The maximum Gasteiger partial charge on any atom is 0.256 e. The summed E-state index contributed by atoms with van der Waals surface area (Å²) in [7, 11) is 1.82. The number of hydrogen-bond donors (Lipinski definition) is 0. The van der Waals surface area contributed by atoms with Crippen LogP contribution in [-0.2, 0) is 0 Å². The summed E-state index contributed by atoms with van der Waals surface area (Å²) in [6, 6.07) is 1.72. The molecular weight excluding hydrogens is 236 g/mol. The van der Waals surface area contributed by atoms with Gasteiger partial charge in [-0.05, 0) is 31.2 Å². The molecular formula is C13H17ClN2O. The van der Waals surface area contributed by atoms with Gasteiger partial charge in [0.1, 0.15) is 0 Å². The summed E-state index contributed by atoms with van der Waals surface area (Å²) < 4.78 is 0. The highest BCUT2D eigenvalue weighted by molar-refractivity contribution is 6.33. The molecule has 17 heavy (non-hydrogen) atoms. The molecule has 1 amide bonds. The van der Waals surface area contributed by atoms with Gasteiger partial charge in [0.2, 0.25) is 0 Å². The van der Waals surface area contributed by atoms with E-state index in [-0.39, 0.29) is 5.91 Å². The normalized spacial score (nSPS) is 22.4. The monoisotopic (exact) mass is 252 g/mol. The number of aromatic nitrogens is 1. The largest absolute Gasteiger partial charge is 0.341 e. The highest BCUT2D eigenvalue weighted by Crippen LogP contribution is 2.38. The molecule has 3 nitrogen and oxygen atoms in total. The van der Waals surface area contributed by atoms with Gasteiger partial charge < -0.3 is 4.90 Å². The van der Waals surface area contributed by atoms with E-state index in [0.29, 0.717) is 16.5 Å². The molecule has 1 heterocycles. The lowest BCUT2D eigenvalue weighted by Gasteiger charge is -2.17. The number of nitrogens with zero attached hydrogens (tertiary/aromatic N) is 2. The minimum atomic E-state index is -0.0402. The first-order valence-electron chi connectivity index (χ1n) is 5.86. The van der Waals surface area contributed by atoms with E-state index in [9.17, 15) is 4.79 Å². The van der Waals surface area contributed by atoms with Gasteiger partial charge in [-0.25, -0.2) is 0 Å². The number of pyridine rings is 1. The number of hydrogen-bond acceptors (Lipinski definition) is 2. The van der Waals surface area contributed by atoms with Crippen molar-refractivity contribution in [2.75, 3.05) is 13.6 Å². The number of amides is 1.